The van der Waals surface area contributed by atoms with E-state index in [0.717, 1.165) is 0 Å². The molecule has 0 aliphatic rings. The third-order valence-corrected chi connectivity index (χ3v) is 3.68. The molecule has 23 heavy (non-hydrogen) atoms. The molecule has 1 N–H and O–H groups in total. The van der Waals surface area contributed by atoms with Crippen molar-refractivity contribution in [2.24, 2.45) is 0 Å². The first kappa shape index (κ1) is 16.5. The molecule has 2 aromatic rings. The lowest BCUT2D eigenvalue weighted by Crippen LogP contribution is -2.30. The molecule has 5 nitrogen and oxygen atoms in total. The lowest BCUT2D eigenvalue weighted by Gasteiger charge is -2.11. The molecule has 1 amide bonds. The molecule has 1 aromatic carbocycles. The molecule has 0 aliphatic heterocycles. The molecule has 1 heterocycles. The summed E-state index contributed by atoms with van der Waals surface area (Å²) < 4.78 is 1.30. The predicted molar refractivity (Wildman–Crippen MR) is 89.3 cm³/mol. The van der Waals surface area contributed by atoms with E-state index in [-0.39, 0.29) is 18.0 Å². The largest absolute Gasteiger partial charge is 0.325 e. The second-order valence-corrected chi connectivity index (χ2v) is 5.72. The summed E-state index contributed by atoms with van der Waals surface area (Å²) in [6.45, 7) is 5.81. The van der Waals surface area contributed by atoms with Crippen molar-refractivity contribution in [1.29, 1.82) is 5.26 Å². The zero-order valence-corrected chi connectivity index (χ0v) is 13.5. The zero-order valence-electron chi connectivity index (χ0n) is 13.5. The Labute approximate surface area is 135 Å². The number of anilines is 1. The highest BCUT2D eigenvalue weighted by Gasteiger charge is 2.10. The lowest BCUT2D eigenvalue weighted by atomic mass is 10.0. The molecule has 0 radical (unpaired) electrons. The molecule has 0 saturated heterocycles. The van der Waals surface area contributed by atoms with E-state index in [2.05, 4.69) is 19.2 Å². The van der Waals surface area contributed by atoms with Crippen LogP contribution in [-0.4, -0.2) is 10.5 Å². The number of hydrogen-bond acceptors (Lipinski definition) is 3. The highest BCUT2D eigenvalue weighted by Crippen LogP contribution is 2.17. The summed E-state index contributed by atoms with van der Waals surface area (Å²) in [6.07, 6.45) is 0. The number of nitrogens with zero attached hydrogens (tertiary/aromatic N) is 2. The van der Waals surface area contributed by atoms with Crippen LogP contribution >= 0.6 is 0 Å². The Morgan fingerprint density at radius 2 is 1.87 bits per heavy atom. The average molecular weight is 309 g/mol. The van der Waals surface area contributed by atoms with E-state index >= 15 is 0 Å². The van der Waals surface area contributed by atoms with Crippen LogP contribution in [0.1, 0.15) is 36.6 Å². The number of amides is 1. The minimum Gasteiger partial charge on any atom is -0.325 e. The van der Waals surface area contributed by atoms with Crippen molar-refractivity contribution in [2.45, 2.75) is 33.2 Å². The van der Waals surface area contributed by atoms with Gasteiger partial charge in [-0.05, 0) is 42.7 Å². The van der Waals surface area contributed by atoms with Gasteiger partial charge in [-0.2, -0.15) is 5.26 Å². The van der Waals surface area contributed by atoms with Gasteiger partial charge in [0.25, 0.3) is 5.56 Å². The van der Waals surface area contributed by atoms with Crippen molar-refractivity contribution in [3.05, 3.63) is 63.6 Å². The number of benzene rings is 1. The van der Waals surface area contributed by atoms with E-state index < -0.39 is 5.56 Å². The summed E-state index contributed by atoms with van der Waals surface area (Å²) in [5, 5.41) is 11.7. The van der Waals surface area contributed by atoms with Gasteiger partial charge in [0, 0.05) is 11.4 Å². The fraction of sp³-hybridized carbons (Fsp3) is 0.278. The van der Waals surface area contributed by atoms with Gasteiger partial charge in [-0.1, -0.05) is 26.0 Å². The summed E-state index contributed by atoms with van der Waals surface area (Å²) in [5.41, 5.74) is 2.10. The van der Waals surface area contributed by atoms with Crippen LogP contribution in [0, 0.1) is 18.3 Å². The quantitative estimate of drug-likeness (QED) is 0.943. The number of nitrogens with one attached hydrogen (secondary N) is 1. The standard InChI is InChI=1S/C18H19N3O2/c1-12(2)14-6-8-16(9-7-14)20-17(22)11-21-13(3)4-5-15(10-19)18(21)23/h4-9,12H,11H2,1-3H3,(H,20,22). The number of rotatable bonds is 4. The molecular formula is C18H19N3O2. The van der Waals surface area contributed by atoms with Gasteiger partial charge in [-0.15, -0.1) is 0 Å². The SMILES string of the molecule is Cc1ccc(C#N)c(=O)n1CC(=O)Nc1ccc(C(C)C)cc1. The Bertz CT molecular complexity index is 812. The molecule has 0 spiro atoms. The van der Waals surface area contributed by atoms with E-state index in [1.807, 2.05) is 30.3 Å². The number of hydrogen-bond donors (Lipinski definition) is 1. The fourth-order valence-electron chi connectivity index (χ4n) is 2.25. The number of carbonyl (C=O) groups excluding carboxylic acids is 1. The summed E-state index contributed by atoms with van der Waals surface area (Å²) in [7, 11) is 0. The van der Waals surface area contributed by atoms with Crippen molar-refractivity contribution < 1.29 is 4.79 Å². The summed E-state index contributed by atoms with van der Waals surface area (Å²) in [5.74, 6) is 0.122. The molecule has 118 valence electrons. The van der Waals surface area contributed by atoms with Crippen LogP contribution in [0.3, 0.4) is 0 Å². The maximum absolute atomic E-state index is 12.2. The summed E-state index contributed by atoms with van der Waals surface area (Å²) in [6, 6.07) is 12.6. The van der Waals surface area contributed by atoms with Gasteiger partial charge in [0.2, 0.25) is 5.91 Å². The minimum absolute atomic E-state index is 0.0321. The third-order valence-electron chi connectivity index (χ3n) is 3.68. The number of aromatic nitrogens is 1. The smallest absolute Gasteiger partial charge is 0.269 e. The third kappa shape index (κ3) is 3.86. The van der Waals surface area contributed by atoms with Gasteiger partial charge in [-0.3, -0.25) is 9.59 Å². The number of carbonyl (C=O) groups is 1. The van der Waals surface area contributed by atoms with Crippen molar-refractivity contribution in [2.75, 3.05) is 5.32 Å². The highest BCUT2D eigenvalue weighted by molar-refractivity contribution is 5.90. The Morgan fingerprint density at radius 3 is 2.43 bits per heavy atom. The van der Waals surface area contributed by atoms with E-state index in [4.69, 9.17) is 5.26 Å². The zero-order chi connectivity index (χ0) is 17.0. The predicted octanol–water partition coefficient (Wildman–Crippen LogP) is 2.79. The second-order valence-electron chi connectivity index (χ2n) is 5.72. The maximum atomic E-state index is 12.2. The summed E-state index contributed by atoms with van der Waals surface area (Å²) in [4.78, 5) is 24.2. The average Bonchev–Trinajstić information content (AvgIpc) is 2.52. The van der Waals surface area contributed by atoms with Crippen LogP contribution in [0.4, 0.5) is 5.69 Å². The lowest BCUT2D eigenvalue weighted by molar-refractivity contribution is -0.116. The van der Waals surface area contributed by atoms with Crippen molar-refractivity contribution in [1.82, 2.24) is 4.57 Å². The van der Waals surface area contributed by atoms with Crippen molar-refractivity contribution >= 4 is 11.6 Å². The van der Waals surface area contributed by atoms with Crippen LogP contribution in [0.2, 0.25) is 0 Å². The van der Waals surface area contributed by atoms with Gasteiger partial charge in [-0.25, -0.2) is 0 Å². The first-order chi connectivity index (χ1) is 10.9. The van der Waals surface area contributed by atoms with Crippen molar-refractivity contribution in [3.8, 4) is 6.07 Å². The van der Waals surface area contributed by atoms with E-state index in [1.54, 1.807) is 13.0 Å². The molecule has 0 saturated carbocycles. The molecule has 0 unspecified atom stereocenters. The number of nitriles is 1. The first-order valence-electron chi connectivity index (χ1n) is 7.42. The van der Waals surface area contributed by atoms with Gasteiger partial charge < -0.3 is 9.88 Å². The van der Waals surface area contributed by atoms with Gasteiger partial charge in [0.1, 0.15) is 18.2 Å². The fourth-order valence-corrected chi connectivity index (χ4v) is 2.25. The molecule has 1 aromatic heterocycles. The molecule has 5 heteroatoms. The normalized spacial score (nSPS) is 10.4. The monoisotopic (exact) mass is 309 g/mol. The maximum Gasteiger partial charge on any atom is 0.269 e. The Morgan fingerprint density at radius 1 is 1.22 bits per heavy atom. The van der Waals surface area contributed by atoms with Crippen LogP contribution < -0.4 is 10.9 Å². The molecule has 0 bridgehead atoms. The van der Waals surface area contributed by atoms with Crippen molar-refractivity contribution in [3.63, 3.8) is 0 Å². The Kier molecular flexibility index (Phi) is 4.97. The van der Waals surface area contributed by atoms with E-state index in [1.165, 1.54) is 16.2 Å². The topological polar surface area (TPSA) is 74.9 Å². The molecule has 0 fully saturated rings. The highest BCUT2D eigenvalue weighted by atomic mass is 16.2. The van der Waals surface area contributed by atoms with E-state index in [0.29, 0.717) is 17.3 Å². The number of pyridine rings is 1. The first-order valence-corrected chi connectivity index (χ1v) is 7.42. The molecular weight excluding hydrogens is 290 g/mol. The minimum atomic E-state index is -0.446. The van der Waals surface area contributed by atoms with Gasteiger partial charge in [0.15, 0.2) is 0 Å². The van der Waals surface area contributed by atoms with Crippen LogP contribution in [0.25, 0.3) is 0 Å². The summed E-state index contributed by atoms with van der Waals surface area (Å²) >= 11 is 0. The Hall–Kier alpha value is -2.87. The molecule has 2 rings (SSSR count). The van der Waals surface area contributed by atoms with Crippen LogP contribution in [-0.2, 0) is 11.3 Å². The number of aryl methyl sites for hydroxylation is 1. The van der Waals surface area contributed by atoms with Crippen LogP contribution in [0.5, 0.6) is 0 Å². The van der Waals surface area contributed by atoms with E-state index in [9.17, 15) is 9.59 Å². The Balaban J connectivity index is 2.14. The van der Waals surface area contributed by atoms with Gasteiger partial charge in [0.05, 0.1) is 0 Å². The second kappa shape index (κ2) is 6.93. The van der Waals surface area contributed by atoms with Gasteiger partial charge >= 0.3 is 0 Å². The molecule has 0 aliphatic carbocycles. The molecule has 0 atom stereocenters. The van der Waals surface area contributed by atoms with Crippen LogP contribution in [0.15, 0.2) is 41.2 Å².